The number of esters is 1. The topological polar surface area (TPSA) is 111 Å². The van der Waals surface area contributed by atoms with Gasteiger partial charge in [0.2, 0.25) is 5.91 Å². The number of allylic oxidation sites excluding steroid dienone is 9. The van der Waals surface area contributed by atoms with Crippen LogP contribution in [-0.4, -0.2) is 74.3 Å². The van der Waals surface area contributed by atoms with Gasteiger partial charge in [-0.25, -0.2) is 4.57 Å². The first-order chi connectivity index (χ1) is 33.9. The van der Waals surface area contributed by atoms with Gasteiger partial charge in [0.15, 0.2) is 0 Å². The molecule has 0 saturated carbocycles. The number of likely N-dealkylation sites (N-methyl/N-ethyl adjacent to an activating group) is 1. The molecule has 0 aromatic carbocycles. The molecule has 2 N–H and O–H groups in total. The fourth-order valence-electron chi connectivity index (χ4n) is 8.17. The highest BCUT2D eigenvalue weighted by atomic mass is 31.2. The van der Waals surface area contributed by atoms with E-state index in [9.17, 15) is 19.0 Å². The number of rotatable bonds is 52. The zero-order valence-electron chi connectivity index (χ0n) is 46.5. The second-order valence-corrected chi connectivity index (χ2v) is 22.3. The Hall–Kier alpha value is -2.29. The lowest BCUT2D eigenvalue weighted by Gasteiger charge is -2.27. The van der Waals surface area contributed by atoms with Crippen LogP contribution in [0.25, 0.3) is 0 Å². The predicted molar refractivity (Wildman–Crippen MR) is 300 cm³/mol. The summed E-state index contributed by atoms with van der Waals surface area (Å²) in [4.78, 5) is 37.5. The lowest BCUT2D eigenvalue weighted by Crippen LogP contribution is -2.47. The molecule has 0 heterocycles. The summed E-state index contributed by atoms with van der Waals surface area (Å²) in [6, 6.07) is -0.868. The SMILES string of the molecule is CCCCC/C=C\C/C=C\C/C=C\C/C=C\CCCC(=O)OC(/C=C/CCCCCCCCCCC)C(COP(=O)(O)OCC[N+](C)(C)C)NC(=O)CCCCCCCCCCCCCCCCCC. The molecule has 0 saturated heterocycles. The second-order valence-electron chi connectivity index (χ2n) is 20.8. The van der Waals surface area contributed by atoms with Crippen LogP contribution in [0.5, 0.6) is 0 Å². The van der Waals surface area contributed by atoms with E-state index in [0.29, 0.717) is 23.9 Å². The van der Waals surface area contributed by atoms with Gasteiger partial charge in [0.25, 0.3) is 0 Å². The zero-order chi connectivity index (χ0) is 51.5. The third kappa shape index (κ3) is 50.6. The van der Waals surface area contributed by atoms with Gasteiger partial charge in [-0.3, -0.25) is 18.6 Å². The number of carbonyl (C=O) groups is 2. The fourth-order valence-corrected chi connectivity index (χ4v) is 8.90. The summed E-state index contributed by atoms with van der Waals surface area (Å²) >= 11 is 0. The molecule has 70 heavy (non-hydrogen) atoms. The van der Waals surface area contributed by atoms with Crippen LogP contribution in [0.1, 0.15) is 258 Å². The standard InChI is InChI=1S/C60H111N2O7P/c1-7-10-13-16-19-22-25-27-29-31-33-35-38-41-44-47-50-53-60(64)69-58(51-48-45-42-39-36-24-21-18-15-12-9-3)57(56-68-70(65,66)67-55-54-62(4,5)6)61-59(63)52-49-46-43-40-37-34-32-30-28-26-23-20-17-14-11-8-2/h19,22,27,29,33,35,41,44,48,51,57-58H,7-18,20-21,23-26,28,30-32,34,36-40,42-43,45-47,49-50,52-56H2,1-6H3,(H-,61,63,65,66)/p+1/b22-19-,29-27-,35-33-,44-41-,51-48+. The third-order valence-corrected chi connectivity index (χ3v) is 13.7. The maximum Gasteiger partial charge on any atom is 0.472 e. The van der Waals surface area contributed by atoms with E-state index in [1.54, 1.807) is 0 Å². The summed E-state index contributed by atoms with van der Waals surface area (Å²) in [6.45, 7) is 6.95. The molecule has 3 unspecified atom stereocenters. The molecule has 0 bridgehead atoms. The average molecular weight is 1000 g/mol. The Balaban J connectivity index is 5.38. The van der Waals surface area contributed by atoms with Crippen molar-refractivity contribution in [3.63, 3.8) is 0 Å². The van der Waals surface area contributed by atoms with Crippen LogP contribution >= 0.6 is 7.82 Å². The van der Waals surface area contributed by atoms with Crippen LogP contribution in [0.4, 0.5) is 0 Å². The number of unbranched alkanes of at least 4 members (excludes halogenated alkanes) is 28. The highest BCUT2D eigenvalue weighted by molar-refractivity contribution is 7.47. The quantitative estimate of drug-likeness (QED) is 0.0205. The first-order valence-corrected chi connectivity index (χ1v) is 30.6. The summed E-state index contributed by atoms with van der Waals surface area (Å²) in [5.74, 6) is -0.566. The minimum atomic E-state index is -4.45. The molecule has 3 atom stereocenters. The van der Waals surface area contributed by atoms with Gasteiger partial charge >= 0.3 is 13.8 Å². The number of ether oxygens (including phenoxy) is 1. The highest BCUT2D eigenvalue weighted by Gasteiger charge is 2.30. The van der Waals surface area contributed by atoms with E-state index < -0.39 is 20.0 Å². The first kappa shape index (κ1) is 67.7. The maximum absolute atomic E-state index is 13.5. The third-order valence-electron chi connectivity index (χ3n) is 12.7. The Labute approximate surface area is 432 Å². The van der Waals surface area contributed by atoms with E-state index in [1.807, 2.05) is 33.3 Å². The van der Waals surface area contributed by atoms with E-state index in [4.69, 9.17) is 13.8 Å². The summed E-state index contributed by atoms with van der Waals surface area (Å²) in [6.07, 6.45) is 62.2. The molecule has 0 rings (SSSR count). The van der Waals surface area contributed by atoms with Crippen molar-refractivity contribution in [2.24, 2.45) is 0 Å². The van der Waals surface area contributed by atoms with Crippen molar-refractivity contribution in [1.82, 2.24) is 5.32 Å². The molecule has 0 aliphatic rings. The van der Waals surface area contributed by atoms with E-state index in [1.165, 1.54) is 154 Å². The molecule has 0 aliphatic heterocycles. The van der Waals surface area contributed by atoms with E-state index in [-0.39, 0.29) is 31.5 Å². The molecule has 0 aliphatic carbocycles. The Morgan fingerprint density at radius 2 is 0.886 bits per heavy atom. The van der Waals surface area contributed by atoms with Crippen LogP contribution in [0, 0.1) is 0 Å². The van der Waals surface area contributed by atoms with Gasteiger partial charge in [-0.05, 0) is 70.3 Å². The van der Waals surface area contributed by atoms with Crippen molar-refractivity contribution in [3.05, 3.63) is 60.8 Å². The lowest BCUT2D eigenvalue weighted by atomic mass is 10.0. The minimum absolute atomic E-state index is 0.0318. The molecule has 0 aromatic rings. The van der Waals surface area contributed by atoms with Gasteiger partial charge in [-0.15, -0.1) is 0 Å². The number of nitrogens with zero attached hydrogens (tertiary/aromatic N) is 1. The van der Waals surface area contributed by atoms with Gasteiger partial charge < -0.3 is 19.4 Å². The summed E-state index contributed by atoms with van der Waals surface area (Å²) < 4.78 is 30.6. The fraction of sp³-hybridized carbons (Fsp3) is 0.800. The largest absolute Gasteiger partial charge is 0.472 e. The number of hydrogen-bond donors (Lipinski definition) is 2. The summed E-state index contributed by atoms with van der Waals surface area (Å²) in [5.41, 5.74) is 0. The molecular weight excluding hydrogens is 892 g/mol. The molecule has 9 nitrogen and oxygen atoms in total. The zero-order valence-corrected chi connectivity index (χ0v) is 47.4. The van der Waals surface area contributed by atoms with Gasteiger partial charge in [-0.1, -0.05) is 236 Å². The summed E-state index contributed by atoms with van der Waals surface area (Å²) in [7, 11) is 1.47. The monoisotopic (exact) mass is 1000 g/mol. The highest BCUT2D eigenvalue weighted by Crippen LogP contribution is 2.43. The Bertz CT molecular complexity index is 1390. The maximum atomic E-state index is 13.5. The van der Waals surface area contributed by atoms with Crippen LogP contribution < -0.4 is 5.32 Å². The number of amides is 1. The van der Waals surface area contributed by atoms with Crippen molar-refractivity contribution >= 4 is 19.7 Å². The Morgan fingerprint density at radius 1 is 0.500 bits per heavy atom. The predicted octanol–water partition coefficient (Wildman–Crippen LogP) is 17.5. The summed E-state index contributed by atoms with van der Waals surface area (Å²) in [5, 5.41) is 3.04. The van der Waals surface area contributed by atoms with Crippen molar-refractivity contribution < 1.29 is 37.3 Å². The van der Waals surface area contributed by atoms with Crippen LogP contribution in [-0.2, 0) is 27.9 Å². The molecule has 10 heteroatoms. The van der Waals surface area contributed by atoms with E-state index in [0.717, 1.165) is 64.2 Å². The van der Waals surface area contributed by atoms with Crippen molar-refractivity contribution in [1.29, 1.82) is 0 Å². The number of nitrogens with one attached hydrogen (secondary N) is 1. The second kappa shape index (κ2) is 50.3. The van der Waals surface area contributed by atoms with Crippen LogP contribution in [0.15, 0.2) is 60.8 Å². The first-order valence-electron chi connectivity index (χ1n) is 29.1. The molecule has 0 fully saturated rings. The molecular formula is C60H112N2O7P+. The molecule has 0 radical (unpaired) electrons. The molecule has 408 valence electrons. The number of phosphoric acid groups is 1. The Kier molecular flexibility index (Phi) is 48.6. The minimum Gasteiger partial charge on any atom is -0.456 e. The smallest absolute Gasteiger partial charge is 0.456 e. The van der Waals surface area contributed by atoms with Gasteiger partial charge in [0.05, 0.1) is 33.8 Å². The van der Waals surface area contributed by atoms with E-state index in [2.05, 4.69) is 74.7 Å². The van der Waals surface area contributed by atoms with Crippen molar-refractivity contribution in [2.45, 2.75) is 270 Å². The number of quaternary nitrogens is 1. The Morgan fingerprint density at radius 3 is 1.36 bits per heavy atom. The molecule has 0 aromatic heterocycles. The number of carbonyl (C=O) groups excluding carboxylic acids is 2. The average Bonchev–Trinajstić information content (AvgIpc) is 3.32. The molecule has 1 amide bonds. The van der Waals surface area contributed by atoms with Gasteiger partial charge in [0.1, 0.15) is 19.3 Å². The van der Waals surface area contributed by atoms with Gasteiger partial charge in [0, 0.05) is 12.8 Å². The van der Waals surface area contributed by atoms with E-state index >= 15 is 0 Å². The van der Waals surface area contributed by atoms with Crippen molar-refractivity contribution in [2.75, 3.05) is 40.9 Å². The lowest BCUT2D eigenvalue weighted by molar-refractivity contribution is -0.870. The van der Waals surface area contributed by atoms with Crippen LogP contribution in [0.3, 0.4) is 0 Å². The normalized spacial score (nSPS) is 14.2. The number of phosphoric ester groups is 1. The van der Waals surface area contributed by atoms with Crippen molar-refractivity contribution in [3.8, 4) is 0 Å². The van der Waals surface area contributed by atoms with Gasteiger partial charge in [-0.2, -0.15) is 0 Å². The van der Waals surface area contributed by atoms with Crippen LogP contribution in [0.2, 0.25) is 0 Å². The molecule has 0 spiro atoms. The number of hydrogen-bond acceptors (Lipinski definition) is 6.